The molecule has 13 heavy (non-hydrogen) atoms. The van der Waals surface area contributed by atoms with Gasteiger partial charge in [-0.2, -0.15) is 0 Å². The van der Waals surface area contributed by atoms with Crippen LogP contribution in [0.2, 0.25) is 5.02 Å². The zero-order chi connectivity index (χ0) is 9.68. The van der Waals surface area contributed by atoms with E-state index in [1.54, 1.807) is 18.2 Å². The van der Waals surface area contributed by atoms with Crippen LogP contribution in [0.4, 0.5) is 0 Å². The number of carbonyl (C=O) groups excluding carboxylic acids is 1. The number of allylic oxidation sites excluding steroid dienone is 2. The maximum Gasteiger partial charge on any atom is 0.178 e. The number of hydrogen-bond donors (Lipinski definition) is 0. The number of carbonyl (C=O) groups is 1. The molecule has 0 saturated heterocycles. The lowest BCUT2D eigenvalue weighted by atomic mass is 10.2. The third-order valence-electron chi connectivity index (χ3n) is 1.51. The average Bonchev–Trinajstić information content (AvgIpc) is 2.16. The Morgan fingerprint density at radius 2 is 1.92 bits per heavy atom. The monoisotopic (exact) mass is 192 g/mol. The van der Waals surface area contributed by atoms with Gasteiger partial charge in [-0.1, -0.05) is 36.4 Å². The van der Waals surface area contributed by atoms with Crippen molar-refractivity contribution < 1.29 is 4.79 Å². The SMILES string of the molecule is C=CC(=O)C=Cc1ccc(Cl)cc1. The predicted molar refractivity (Wildman–Crippen MR) is 55.7 cm³/mol. The van der Waals surface area contributed by atoms with Crippen molar-refractivity contribution in [2.45, 2.75) is 0 Å². The van der Waals surface area contributed by atoms with E-state index in [-0.39, 0.29) is 5.78 Å². The van der Waals surface area contributed by atoms with Crippen molar-refractivity contribution >= 4 is 23.5 Å². The smallest absolute Gasteiger partial charge is 0.178 e. The molecule has 0 atom stereocenters. The minimum atomic E-state index is -0.102. The molecule has 0 spiro atoms. The van der Waals surface area contributed by atoms with Crippen LogP contribution in [0.5, 0.6) is 0 Å². The molecule has 1 nitrogen and oxygen atoms in total. The van der Waals surface area contributed by atoms with Gasteiger partial charge in [0.05, 0.1) is 0 Å². The molecule has 0 amide bonds. The largest absolute Gasteiger partial charge is 0.290 e. The van der Waals surface area contributed by atoms with E-state index in [9.17, 15) is 4.79 Å². The summed E-state index contributed by atoms with van der Waals surface area (Å²) in [5, 5.41) is 0.687. The lowest BCUT2D eigenvalue weighted by Crippen LogP contribution is -1.82. The molecule has 1 aromatic carbocycles. The first-order chi connectivity index (χ1) is 6.22. The van der Waals surface area contributed by atoms with Gasteiger partial charge in [-0.15, -0.1) is 0 Å². The minimum Gasteiger partial charge on any atom is -0.290 e. The molecule has 0 fully saturated rings. The summed E-state index contributed by atoms with van der Waals surface area (Å²) in [6.45, 7) is 3.37. The molecular weight excluding hydrogens is 184 g/mol. The fourth-order valence-electron chi connectivity index (χ4n) is 0.820. The standard InChI is InChI=1S/C11H9ClO/c1-2-11(13)8-5-9-3-6-10(12)7-4-9/h2-8H,1H2. The Morgan fingerprint density at radius 3 is 2.46 bits per heavy atom. The van der Waals surface area contributed by atoms with E-state index in [1.165, 1.54) is 12.2 Å². The maximum absolute atomic E-state index is 10.8. The number of rotatable bonds is 3. The first-order valence-corrected chi connectivity index (χ1v) is 4.20. The van der Waals surface area contributed by atoms with E-state index in [0.717, 1.165) is 5.56 Å². The van der Waals surface area contributed by atoms with Crippen LogP contribution >= 0.6 is 11.6 Å². The molecule has 0 aliphatic carbocycles. The molecule has 0 heterocycles. The number of ketones is 1. The van der Waals surface area contributed by atoms with Crippen molar-refractivity contribution in [3.05, 3.63) is 53.6 Å². The van der Waals surface area contributed by atoms with E-state index in [0.29, 0.717) is 5.02 Å². The fourth-order valence-corrected chi connectivity index (χ4v) is 0.946. The van der Waals surface area contributed by atoms with Gasteiger partial charge >= 0.3 is 0 Å². The molecule has 0 unspecified atom stereocenters. The highest BCUT2D eigenvalue weighted by Gasteiger charge is 1.89. The molecule has 66 valence electrons. The summed E-state index contributed by atoms with van der Waals surface area (Å²) in [6, 6.07) is 7.24. The summed E-state index contributed by atoms with van der Waals surface area (Å²) in [7, 11) is 0. The zero-order valence-corrected chi connectivity index (χ0v) is 7.79. The van der Waals surface area contributed by atoms with Gasteiger partial charge in [0, 0.05) is 5.02 Å². The van der Waals surface area contributed by atoms with Gasteiger partial charge in [-0.05, 0) is 29.8 Å². The summed E-state index contributed by atoms with van der Waals surface area (Å²) < 4.78 is 0. The Balaban J connectivity index is 2.74. The quantitative estimate of drug-likeness (QED) is 0.673. The molecule has 0 saturated carbocycles. The summed E-state index contributed by atoms with van der Waals surface area (Å²) in [6.07, 6.45) is 4.46. The first kappa shape index (κ1) is 9.75. The van der Waals surface area contributed by atoms with Crippen LogP contribution in [0, 0.1) is 0 Å². The maximum atomic E-state index is 10.8. The normalized spacial score (nSPS) is 10.2. The topological polar surface area (TPSA) is 17.1 Å². The Morgan fingerprint density at radius 1 is 1.31 bits per heavy atom. The van der Waals surface area contributed by atoms with E-state index >= 15 is 0 Å². The van der Waals surface area contributed by atoms with Crippen molar-refractivity contribution in [3.63, 3.8) is 0 Å². The molecule has 0 bridgehead atoms. The lowest BCUT2D eigenvalue weighted by molar-refractivity contribution is -0.110. The van der Waals surface area contributed by atoms with Crippen LogP contribution in [0.3, 0.4) is 0 Å². The van der Waals surface area contributed by atoms with E-state index in [1.807, 2.05) is 12.1 Å². The van der Waals surface area contributed by atoms with E-state index in [2.05, 4.69) is 6.58 Å². The summed E-state index contributed by atoms with van der Waals surface area (Å²) in [5.74, 6) is -0.102. The molecule has 0 aromatic heterocycles. The summed E-state index contributed by atoms with van der Waals surface area (Å²) >= 11 is 5.69. The van der Waals surface area contributed by atoms with Crippen LogP contribution in [-0.2, 0) is 4.79 Å². The fraction of sp³-hybridized carbons (Fsp3) is 0. The minimum absolute atomic E-state index is 0.102. The van der Waals surface area contributed by atoms with Crippen LogP contribution in [0.15, 0.2) is 43.0 Å². The Bertz CT molecular complexity index is 336. The van der Waals surface area contributed by atoms with Gasteiger partial charge in [-0.3, -0.25) is 4.79 Å². The number of halogens is 1. The highest BCUT2D eigenvalue weighted by Crippen LogP contribution is 2.10. The molecule has 2 heteroatoms. The van der Waals surface area contributed by atoms with E-state index < -0.39 is 0 Å². The van der Waals surface area contributed by atoms with Gasteiger partial charge in [0.1, 0.15) is 0 Å². The number of benzene rings is 1. The van der Waals surface area contributed by atoms with Crippen LogP contribution in [0.1, 0.15) is 5.56 Å². The van der Waals surface area contributed by atoms with Crippen LogP contribution < -0.4 is 0 Å². The third-order valence-corrected chi connectivity index (χ3v) is 1.76. The second-order valence-corrected chi connectivity index (χ2v) is 2.93. The van der Waals surface area contributed by atoms with Gasteiger partial charge in [0.25, 0.3) is 0 Å². The lowest BCUT2D eigenvalue weighted by Gasteiger charge is -1.91. The molecule has 1 rings (SSSR count). The zero-order valence-electron chi connectivity index (χ0n) is 7.03. The highest BCUT2D eigenvalue weighted by atomic mass is 35.5. The first-order valence-electron chi connectivity index (χ1n) is 3.82. The van der Waals surface area contributed by atoms with Crippen molar-refractivity contribution in [2.24, 2.45) is 0 Å². The average molecular weight is 193 g/mol. The molecule has 0 aliphatic rings. The highest BCUT2D eigenvalue weighted by molar-refractivity contribution is 6.30. The summed E-state index contributed by atoms with van der Waals surface area (Å²) in [5.41, 5.74) is 0.944. The van der Waals surface area contributed by atoms with Crippen LogP contribution in [-0.4, -0.2) is 5.78 Å². The third kappa shape index (κ3) is 3.26. The molecule has 1 aromatic rings. The predicted octanol–water partition coefficient (Wildman–Crippen LogP) is 3.11. The van der Waals surface area contributed by atoms with Crippen molar-refractivity contribution in [1.29, 1.82) is 0 Å². The summed E-state index contributed by atoms with van der Waals surface area (Å²) in [4.78, 5) is 10.8. The Kier molecular flexibility index (Phi) is 3.47. The van der Waals surface area contributed by atoms with Gasteiger partial charge in [0.15, 0.2) is 5.78 Å². The second kappa shape index (κ2) is 4.63. The molecular formula is C11H9ClO. The van der Waals surface area contributed by atoms with Gasteiger partial charge in [0.2, 0.25) is 0 Å². The molecule has 0 radical (unpaired) electrons. The molecule has 0 aliphatic heterocycles. The van der Waals surface area contributed by atoms with E-state index in [4.69, 9.17) is 11.6 Å². The second-order valence-electron chi connectivity index (χ2n) is 2.49. The number of hydrogen-bond acceptors (Lipinski definition) is 1. The van der Waals surface area contributed by atoms with Gasteiger partial charge < -0.3 is 0 Å². The Hall–Kier alpha value is -1.34. The van der Waals surface area contributed by atoms with Crippen molar-refractivity contribution in [3.8, 4) is 0 Å². The van der Waals surface area contributed by atoms with Gasteiger partial charge in [-0.25, -0.2) is 0 Å². The van der Waals surface area contributed by atoms with Crippen LogP contribution in [0.25, 0.3) is 6.08 Å². The molecule has 0 N–H and O–H groups in total. The van der Waals surface area contributed by atoms with Crippen molar-refractivity contribution in [1.82, 2.24) is 0 Å². The Labute approximate surface area is 82.3 Å². The van der Waals surface area contributed by atoms with Crippen molar-refractivity contribution in [2.75, 3.05) is 0 Å².